The number of non-ortho nitro benzene ring substituents is 1. The highest BCUT2D eigenvalue weighted by Gasteiger charge is 2.20. The highest BCUT2D eigenvalue weighted by Crippen LogP contribution is 2.25. The zero-order valence-electron chi connectivity index (χ0n) is 16.4. The van der Waals surface area contributed by atoms with E-state index < -0.39 is 4.92 Å². The number of hydrogen-bond donors (Lipinski definition) is 0. The summed E-state index contributed by atoms with van der Waals surface area (Å²) in [7, 11) is 1.66. The van der Waals surface area contributed by atoms with E-state index in [1.807, 2.05) is 31.2 Å². The van der Waals surface area contributed by atoms with Crippen LogP contribution >= 0.6 is 0 Å². The van der Waals surface area contributed by atoms with Gasteiger partial charge in [0, 0.05) is 19.2 Å². The molecule has 0 spiro atoms. The Morgan fingerprint density at radius 2 is 1.81 bits per heavy atom. The first-order chi connectivity index (χ1) is 12.6. The maximum Gasteiger partial charge on any atom is 0.269 e. The Hall–Kier alpha value is -2.89. The van der Waals surface area contributed by atoms with Crippen molar-refractivity contribution in [2.24, 2.45) is 0 Å². The van der Waals surface area contributed by atoms with Gasteiger partial charge in [-0.3, -0.25) is 14.9 Å². The Bertz CT molecular complexity index is 810. The first-order valence-electron chi connectivity index (χ1n) is 8.83. The Labute approximate surface area is 159 Å². The second-order valence-corrected chi connectivity index (χ2v) is 7.60. The number of carbonyl (C=O) groups excluding carboxylic acids is 1. The summed E-state index contributed by atoms with van der Waals surface area (Å²) in [5.41, 5.74) is 1.96. The third-order valence-corrected chi connectivity index (χ3v) is 4.62. The van der Waals surface area contributed by atoms with Crippen LogP contribution in [-0.4, -0.2) is 29.4 Å². The average molecular weight is 370 g/mol. The van der Waals surface area contributed by atoms with Gasteiger partial charge in [0.05, 0.1) is 11.0 Å². The molecule has 144 valence electrons. The predicted molar refractivity (Wildman–Crippen MR) is 105 cm³/mol. The zero-order valence-corrected chi connectivity index (χ0v) is 16.4. The molecule has 27 heavy (non-hydrogen) atoms. The molecule has 2 rings (SSSR count). The van der Waals surface area contributed by atoms with Gasteiger partial charge in [0.2, 0.25) is 0 Å². The van der Waals surface area contributed by atoms with Crippen molar-refractivity contribution in [3.05, 3.63) is 69.8 Å². The highest BCUT2D eigenvalue weighted by molar-refractivity contribution is 5.78. The van der Waals surface area contributed by atoms with Gasteiger partial charge in [-0.25, -0.2) is 0 Å². The van der Waals surface area contributed by atoms with Crippen LogP contribution in [0.5, 0.6) is 5.75 Å². The largest absolute Gasteiger partial charge is 0.484 e. The number of nitro benzene ring substituents is 1. The van der Waals surface area contributed by atoms with Crippen LogP contribution in [0.15, 0.2) is 48.5 Å². The minimum Gasteiger partial charge on any atom is -0.484 e. The highest BCUT2D eigenvalue weighted by atomic mass is 16.6. The zero-order chi connectivity index (χ0) is 20.2. The molecular formula is C21H26N2O4. The second kappa shape index (κ2) is 8.20. The quantitative estimate of drug-likeness (QED) is 0.555. The van der Waals surface area contributed by atoms with E-state index in [0.29, 0.717) is 11.3 Å². The van der Waals surface area contributed by atoms with Crippen LogP contribution in [0, 0.1) is 10.1 Å². The molecule has 0 radical (unpaired) electrons. The van der Waals surface area contributed by atoms with Crippen LogP contribution in [0.2, 0.25) is 0 Å². The summed E-state index contributed by atoms with van der Waals surface area (Å²) in [6.07, 6.45) is 0. The van der Waals surface area contributed by atoms with Crippen molar-refractivity contribution in [1.29, 1.82) is 0 Å². The number of ether oxygens (including phenoxy) is 1. The molecule has 2 aromatic rings. The first kappa shape index (κ1) is 20.4. The van der Waals surface area contributed by atoms with Gasteiger partial charge < -0.3 is 9.64 Å². The fourth-order valence-electron chi connectivity index (χ4n) is 2.64. The topological polar surface area (TPSA) is 72.7 Å². The van der Waals surface area contributed by atoms with Crippen molar-refractivity contribution in [3.63, 3.8) is 0 Å². The first-order valence-corrected chi connectivity index (χ1v) is 8.83. The lowest BCUT2D eigenvalue weighted by Gasteiger charge is -2.25. The molecule has 6 heteroatoms. The Morgan fingerprint density at radius 1 is 1.19 bits per heavy atom. The van der Waals surface area contributed by atoms with Crippen molar-refractivity contribution in [3.8, 4) is 5.75 Å². The molecule has 0 fully saturated rings. The van der Waals surface area contributed by atoms with Gasteiger partial charge in [-0.1, -0.05) is 45.0 Å². The molecule has 0 aliphatic heterocycles. The maximum absolute atomic E-state index is 12.4. The SMILES string of the molecule is C[C@H](c1cccc([N+](=O)[O-])c1)N(C)C(=O)COc1ccc(C(C)(C)C)cc1. The van der Waals surface area contributed by atoms with E-state index in [0.717, 1.165) is 0 Å². The smallest absolute Gasteiger partial charge is 0.269 e. The summed E-state index contributed by atoms with van der Waals surface area (Å²) >= 11 is 0. The lowest BCUT2D eigenvalue weighted by atomic mass is 9.87. The maximum atomic E-state index is 12.4. The van der Waals surface area contributed by atoms with Crippen LogP contribution in [0.1, 0.15) is 44.9 Å². The van der Waals surface area contributed by atoms with Crippen LogP contribution in [0.4, 0.5) is 5.69 Å². The molecule has 6 nitrogen and oxygen atoms in total. The molecule has 0 N–H and O–H groups in total. The van der Waals surface area contributed by atoms with Gasteiger partial charge in [0.25, 0.3) is 11.6 Å². The summed E-state index contributed by atoms with van der Waals surface area (Å²) in [4.78, 5) is 24.5. The number of nitrogens with zero attached hydrogens (tertiary/aromatic N) is 2. The molecule has 0 aliphatic rings. The van der Waals surface area contributed by atoms with E-state index in [-0.39, 0.29) is 29.7 Å². The Morgan fingerprint density at radius 3 is 2.37 bits per heavy atom. The molecular weight excluding hydrogens is 344 g/mol. The minimum atomic E-state index is -0.442. The molecule has 1 atom stereocenters. The molecule has 0 bridgehead atoms. The lowest BCUT2D eigenvalue weighted by molar-refractivity contribution is -0.384. The van der Waals surface area contributed by atoms with E-state index in [1.165, 1.54) is 22.6 Å². The second-order valence-electron chi connectivity index (χ2n) is 7.60. The van der Waals surface area contributed by atoms with Crippen LogP contribution in [0.25, 0.3) is 0 Å². The number of carbonyl (C=O) groups is 1. The van der Waals surface area contributed by atoms with Crippen LogP contribution < -0.4 is 4.74 Å². The summed E-state index contributed by atoms with van der Waals surface area (Å²) < 4.78 is 5.61. The van der Waals surface area contributed by atoms with E-state index in [1.54, 1.807) is 19.2 Å². The van der Waals surface area contributed by atoms with E-state index in [2.05, 4.69) is 20.8 Å². The average Bonchev–Trinajstić information content (AvgIpc) is 2.64. The normalized spacial score (nSPS) is 12.3. The van der Waals surface area contributed by atoms with Crippen molar-refractivity contribution in [2.45, 2.75) is 39.2 Å². The molecule has 0 aromatic heterocycles. The monoisotopic (exact) mass is 370 g/mol. The van der Waals surface area contributed by atoms with Crippen molar-refractivity contribution >= 4 is 11.6 Å². The number of likely N-dealkylation sites (N-methyl/N-ethyl adjacent to an activating group) is 1. The van der Waals surface area contributed by atoms with Crippen molar-refractivity contribution < 1.29 is 14.5 Å². The van der Waals surface area contributed by atoms with Gasteiger partial charge >= 0.3 is 0 Å². The van der Waals surface area contributed by atoms with Gasteiger partial charge in [-0.15, -0.1) is 0 Å². The summed E-state index contributed by atoms with van der Waals surface area (Å²) in [6.45, 7) is 8.14. The Kier molecular flexibility index (Phi) is 6.20. The summed E-state index contributed by atoms with van der Waals surface area (Å²) in [5, 5.41) is 10.9. The van der Waals surface area contributed by atoms with Crippen molar-refractivity contribution in [1.82, 2.24) is 4.90 Å². The molecule has 0 unspecified atom stereocenters. The number of nitro groups is 1. The molecule has 0 heterocycles. The van der Waals surface area contributed by atoms with Crippen LogP contribution in [0.3, 0.4) is 0 Å². The molecule has 0 saturated heterocycles. The predicted octanol–water partition coefficient (Wildman–Crippen LogP) is 4.49. The van der Waals surface area contributed by atoms with Gasteiger partial charge in [0.1, 0.15) is 5.75 Å². The molecule has 0 saturated carbocycles. The molecule has 1 amide bonds. The number of rotatable bonds is 6. The number of hydrogen-bond acceptors (Lipinski definition) is 4. The molecule has 0 aliphatic carbocycles. The summed E-state index contributed by atoms with van der Waals surface area (Å²) in [6, 6.07) is 13.7. The van der Waals surface area contributed by atoms with E-state index in [4.69, 9.17) is 4.74 Å². The standard InChI is InChI=1S/C21H26N2O4/c1-15(16-7-6-8-18(13-16)23(25)26)22(5)20(24)14-27-19-11-9-17(10-12-19)21(2,3)4/h6-13,15H,14H2,1-5H3/t15-/m1/s1. The fraction of sp³-hybridized carbons (Fsp3) is 0.381. The fourth-order valence-corrected chi connectivity index (χ4v) is 2.64. The van der Waals surface area contributed by atoms with Gasteiger partial charge in [-0.2, -0.15) is 0 Å². The third kappa shape index (κ3) is 5.29. The Balaban J connectivity index is 1.99. The third-order valence-electron chi connectivity index (χ3n) is 4.62. The van der Waals surface area contributed by atoms with Crippen LogP contribution in [-0.2, 0) is 10.2 Å². The molecule has 2 aromatic carbocycles. The van der Waals surface area contributed by atoms with Crippen molar-refractivity contribution in [2.75, 3.05) is 13.7 Å². The van der Waals surface area contributed by atoms with E-state index in [9.17, 15) is 14.9 Å². The number of amides is 1. The minimum absolute atomic E-state index is 0.00962. The van der Waals surface area contributed by atoms with Gasteiger partial charge in [0.15, 0.2) is 6.61 Å². The summed E-state index contributed by atoms with van der Waals surface area (Å²) in [5.74, 6) is 0.432. The van der Waals surface area contributed by atoms with E-state index >= 15 is 0 Å². The lowest BCUT2D eigenvalue weighted by Crippen LogP contribution is -2.33. The van der Waals surface area contributed by atoms with Gasteiger partial charge in [-0.05, 0) is 35.6 Å². The number of benzene rings is 2.